The first-order chi connectivity index (χ1) is 9.70. The summed E-state index contributed by atoms with van der Waals surface area (Å²) in [5, 5.41) is 3.05. The Labute approximate surface area is 121 Å². The van der Waals surface area contributed by atoms with Crippen molar-refractivity contribution in [2.75, 3.05) is 27.2 Å². The molecule has 1 N–H and O–H groups in total. The first kappa shape index (κ1) is 14.9. The van der Waals surface area contributed by atoms with Crippen molar-refractivity contribution in [2.45, 2.75) is 31.8 Å². The highest BCUT2D eigenvalue weighted by Crippen LogP contribution is 2.24. The van der Waals surface area contributed by atoms with Crippen molar-refractivity contribution in [3.8, 4) is 5.75 Å². The monoisotopic (exact) mass is 276 g/mol. The van der Waals surface area contributed by atoms with Crippen molar-refractivity contribution in [1.82, 2.24) is 10.2 Å². The van der Waals surface area contributed by atoms with E-state index < -0.39 is 0 Å². The van der Waals surface area contributed by atoms with Crippen LogP contribution < -0.4 is 10.1 Å². The second-order valence-electron chi connectivity index (χ2n) is 5.38. The lowest BCUT2D eigenvalue weighted by atomic mass is 10.2. The molecule has 0 atom stereocenters. The molecule has 4 heteroatoms. The van der Waals surface area contributed by atoms with E-state index in [2.05, 4.69) is 5.32 Å². The molecule has 110 valence electrons. The first-order valence-electron chi connectivity index (χ1n) is 7.37. The lowest BCUT2D eigenvalue weighted by molar-refractivity contribution is 0.0796. The fourth-order valence-corrected chi connectivity index (χ4v) is 2.50. The Kier molecular flexibility index (Phi) is 5.41. The topological polar surface area (TPSA) is 41.6 Å². The largest absolute Gasteiger partial charge is 0.490 e. The number of nitrogens with one attached hydrogen (secondary N) is 1. The molecule has 0 bridgehead atoms. The highest BCUT2D eigenvalue weighted by Gasteiger charge is 2.17. The highest BCUT2D eigenvalue weighted by atomic mass is 16.5. The molecule has 2 rings (SSSR count). The van der Waals surface area contributed by atoms with Crippen LogP contribution in [-0.4, -0.2) is 44.1 Å². The van der Waals surface area contributed by atoms with Gasteiger partial charge in [0.25, 0.3) is 5.91 Å². The molecule has 1 aromatic rings. The average Bonchev–Trinajstić information content (AvgIpc) is 2.97. The van der Waals surface area contributed by atoms with Crippen LogP contribution in [0.25, 0.3) is 0 Å². The van der Waals surface area contributed by atoms with Crippen LogP contribution in [-0.2, 0) is 0 Å². The molecule has 0 unspecified atom stereocenters. The van der Waals surface area contributed by atoms with E-state index in [0.717, 1.165) is 25.1 Å². The molecule has 0 aromatic heterocycles. The molecule has 1 fully saturated rings. The van der Waals surface area contributed by atoms with Crippen molar-refractivity contribution in [3.05, 3.63) is 29.8 Å². The van der Waals surface area contributed by atoms with Crippen molar-refractivity contribution >= 4 is 5.91 Å². The van der Waals surface area contributed by atoms with Gasteiger partial charge in [-0.2, -0.15) is 0 Å². The number of carbonyl (C=O) groups excluding carboxylic acids is 1. The third-order valence-corrected chi connectivity index (χ3v) is 3.73. The Balaban J connectivity index is 1.98. The van der Waals surface area contributed by atoms with Crippen LogP contribution in [0.4, 0.5) is 0 Å². The summed E-state index contributed by atoms with van der Waals surface area (Å²) in [5.41, 5.74) is 0.694. The number of amides is 1. The summed E-state index contributed by atoms with van der Waals surface area (Å²) >= 11 is 0. The number of likely N-dealkylation sites (N-methyl/N-ethyl adjacent to an activating group) is 2. The van der Waals surface area contributed by atoms with Gasteiger partial charge in [-0.25, -0.2) is 0 Å². The minimum Gasteiger partial charge on any atom is -0.490 e. The third-order valence-electron chi connectivity index (χ3n) is 3.73. The zero-order chi connectivity index (χ0) is 14.4. The van der Waals surface area contributed by atoms with Crippen molar-refractivity contribution in [3.63, 3.8) is 0 Å². The normalized spacial score (nSPS) is 15.3. The molecular weight excluding hydrogens is 252 g/mol. The quantitative estimate of drug-likeness (QED) is 0.867. The molecule has 4 nitrogen and oxygen atoms in total. The number of ether oxygens (including phenoxy) is 1. The van der Waals surface area contributed by atoms with Gasteiger partial charge in [0, 0.05) is 25.7 Å². The van der Waals surface area contributed by atoms with E-state index in [9.17, 15) is 4.79 Å². The van der Waals surface area contributed by atoms with E-state index >= 15 is 0 Å². The Morgan fingerprint density at radius 1 is 1.40 bits per heavy atom. The summed E-state index contributed by atoms with van der Waals surface area (Å²) in [7, 11) is 3.71. The highest BCUT2D eigenvalue weighted by molar-refractivity contribution is 5.94. The summed E-state index contributed by atoms with van der Waals surface area (Å²) in [6, 6.07) is 7.53. The number of nitrogens with zero attached hydrogens (tertiary/aromatic N) is 1. The minimum absolute atomic E-state index is 0.0390. The second kappa shape index (κ2) is 7.29. The van der Waals surface area contributed by atoms with Crippen LogP contribution in [0.15, 0.2) is 24.3 Å². The van der Waals surface area contributed by atoms with E-state index in [0.29, 0.717) is 18.2 Å². The predicted octanol–water partition coefficient (Wildman–Crippen LogP) is 2.30. The molecule has 1 aromatic carbocycles. The van der Waals surface area contributed by atoms with Gasteiger partial charge in [0.1, 0.15) is 5.75 Å². The van der Waals surface area contributed by atoms with Gasteiger partial charge in [0.05, 0.1) is 6.10 Å². The fourth-order valence-electron chi connectivity index (χ4n) is 2.50. The van der Waals surface area contributed by atoms with E-state index in [1.54, 1.807) is 4.90 Å². The van der Waals surface area contributed by atoms with Gasteiger partial charge in [-0.3, -0.25) is 4.79 Å². The average molecular weight is 276 g/mol. The number of rotatable bonds is 6. The molecule has 0 heterocycles. The maximum Gasteiger partial charge on any atom is 0.253 e. The van der Waals surface area contributed by atoms with E-state index in [-0.39, 0.29) is 5.91 Å². The molecule has 0 saturated heterocycles. The molecule has 1 aliphatic rings. The molecule has 20 heavy (non-hydrogen) atoms. The maximum absolute atomic E-state index is 12.3. The third kappa shape index (κ3) is 3.97. The zero-order valence-corrected chi connectivity index (χ0v) is 12.4. The number of carbonyl (C=O) groups is 1. The molecule has 1 saturated carbocycles. The van der Waals surface area contributed by atoms with Crippen LogP contribution in [0.3, 0.4) is 0 Å². The van der Waals surface area contributed by atoms with Gasteiger partial charge in [-0.1, -0.05) is 6.07 Å². The van der Waals surface area contributed by atoms with Crippen molar-refractivity contribution in [2.24, 2.45) is 0 Å². The van der Waals surface area contributed by atoms with Gasteiger partial charge < -0.3 is 15.0 Å². The molecule has 1 aliphatic carbocycles. The number of hydrogen-bond donors (Lipinski definition) is 1. The Morgan fingerprint density at radius 3 is 2.85 bits per heavy atom. The lowest BCUT2D eigenvalue weighted by Gasteiger charge is -2.18. The van der Waals surface area contributed by atoms with Gasteiger partial charge in [0.15, 0.2) is 0 Å². The predicted molar refractivity (Wildman–Crippen MR) is 80.2 cm³/mol. The minimum atomic E-state index is 0.0390. The molecule has 0 spiro atoms. The Bertz CT molecular complexity index is 442. The van der Waals surface area contributed by atoms with Gasteiger partial charge >= 0.3 is 0 Å². The molecule has 1 amide bonds. The fraction of sp³-hybridized carbons (Fsp3) is 0.562. The summed E-state index contributed by atoms with van der Waals surface area (Å²) in [5.74, 6) is 0.849. The van der Waals surface area contributed by atoms with Gasteiger partial charge in [-0.15, -0.1) is 0 Å². The van der Waals surface area contributed by atoms with E-state index in [1.165, 1.54) is 12.8 Å². The standard InChI is InChI=1S/C16H24N2O2/c1-17-10-11-18(2)16(19)13-6-5-9-15(12-13)20-14-7-3-4-8-14/h5-6,9,12,14,17H,3-4,7-8,10-11H2,1-2H3. The van der Waals surface area contributed by atoms with E-state index in [1.807, 2.05) is 38.4 Å². The lowest BCUT2D eigenvalue weighted by Crippen LogP contribution is -2.32. The van der Waals surface area contributed by atoms with Gasteiger partial charge in [0.2, 0.25) is 0 Å². The van der Waals surface area contributed by atoms with Crippen LogP contribution in [0, 0.1) is 0 Å². The zero-order valence-electron chi connectivity index (χ0n) is 12.4. The smallest absolute Gasteiger partial charge is 0.253 e. The van der Waals surface area contributed by atoms with Crippen molar-refractivity contribution in [1.29, 1.82) is 0 Å². The summed E-state index contributed by atoms with van der Waals surface area (Å²) in [6.07, 6.45) is 5.06. The SMILES string of the molecule is CNCCN(C)C(=O)c1cccc(OC2CCCC2)c1. The van der Waals surface area contributed by atoms with E-state index in [4.69, 9.17) is 4.74 Å². The summed E-state index contributed by atoms with van der Waals surface area (Å²) in [6.45, 7) is 1.49. The molecule has 0 aliphatic heterocycles. The number of benzene rings is 1. The second-order valence-corrected chi connectivity index (χ2v) is 5.38. The first-order valence-corrected chi connectivity index (χ1v) is 7.37. The Hall–Kier alpha value is -1.55. The summed E-state index contributed by atoms with van der Waals surface area (Å²) < 4.78 is 5.94. The van der Waals surface area contributed by atoms with Crippen molar-refractivity contribution < 1.29 is 9.53 Å². The van der Waals surface area contributed by atoms with Gasteiger partial charge in [-0.05, 0) is 50.9 Å². The van der Waals surface area contributed by atoms with Crippen LogP contribution in [0.2, 0.25) is 0 Å². The maximum atomic E-state index is 12.3. The summed E-state index contributed by atoms with van der Waals surface area (Å²) in [4.78, 5) is 14.0. The number of hydrogen-bond acceptors (Lipinski definition) is 3. The van der Waals surface area contributed by atoms with Crippen LogP contribution in [0.5, 0.6) is 5.75 Å². The van der Waals surface area contributed by atoms with Crippen LogP contribution >= 0.6 is 0 Å². The molecular formula is C16H24N2O2. The Morgan fingerprint density at radius 2 is 2.15 bits per heavy atom. The molecule has 0 radical (unpaired) electrons. The van der Waals surface area contributed by atoms with Crippen LogP contribution in [0.1, 0.15) is 36.0 Å².